The summed E-state index contributed by atoms with van der Waals surface area (Å²) in [6.45, 7) is 7.29. The van der Waals surface area contributed by atoms with E-state index in [0.717, 1.165) is 0 Å². The summed E-state index contributed by atoms with van der Waals surface area (Å²) in [5.74, 6) is 0. The first-order valence-electron chi connectivity index (χ1n) is 5.87. The zero-order valence-electron chi connectivity index (χ0n) is 10.6. The molecule has 0 heterocycles. The van der Waals surface area contributed by atoms with E-state index in [1.807, 2.05) is 0 Å². The molecule has 0 bridgehead atoms. The average molecular weight is 353 g/mol. The van der Waals surface area contributed by atoms with Crippen molar-refractivity contribution in [3.8, 4) is 0 Å². The molecule has 0 aliphatic carbocycles. The normalized spacial score (nSPS) is 11.7. The van der Waals surface area contributed by atoms with Gasteiger partial charge in [0.1, 0.15) is 0 Å². The fraction of sp³-hybridized carbons (Fsp3) is 0.200. The minimum absolute atomic E-state index is 0.0242. The Labute approximate surface area is 115 Å². The maximum atomic E-state index is 2.43. The Hall–Kier alpha value is -0.613. The molecule has 0 spiro atoms. The molecule has 0 fully saturated rings. The zero-order chi connectivity index (χ0) is 12.3. The second kappa shape index (κ2) is 5.36. The van der Waals surface area contributed by atoms with E-state index in [-0.39, 0.29) is 21.2 Å². The van der Waals surface area contributed by atoms with Crippen LogP contribution in [0.4, 0.5) is 0 Å². The molecule has 0 saturated heterocycles. The first-order valence-corrected chi connectivity index (χ1v) is 11.5. The Kier molecular flexibility index (Phi) is 4.04. The van der Waals surface area contributed by atoms with Crippen molar-refractivity contribution in [1.82, 2.24) is 0 Å². The Morgan fingerprint density at radius 1 is 0.765 bits per heavy atom. The van der Waals surface area contributed by atoms with Gasteiger partial charge in [0.25, 0.3) is 0 Å². The molecular weight excluding hydrogens is 335 g/mol. The molecule has 0 aromatic heterocycles. The third-order valence-corrected chi connectivity index (χ3v) is 8.05. The number of hydrogen-bond acceptors (Lipinski definition) is 0. The van der Waals surface area contributed by atoms with E-state index >= 15 is 0 Å². The minimum atomic E-state index is -1.20. The summed E-state index contributed by atoms with van der Waals surface area (Å²) >= 11 is -0.0242. The quantitative estimate of drug-likeness (QED) is 0.552. The third kappa shape index (κ3) is 3.42. The molecular formula is C15H18ISi-. The third-order valence-electron chi connectivity index (χ3n) is 2.63. The molecule has 2 aromatic rings. The molecule has 2 aromatic carbocycles. The van der Waals surface area contributed by atoms with Crippen LogP contribution in [0, 0.1) is 7.14 Å². The van der Waals surface area contributed by atoms with Crippen molar-refractivity contribution in [3.63, 3.8) is 0 Å². The van der Waals surface area contributed by atoms with Gasteiger partial charge in [0.2, 0.25) is 0 Å². The molecule has 0 aliphatic rings. The number of benzene rings is 2. The zero-order valence-corrected chi connectivity index (χ0v) is 13.7. The standard InChI is InChI=1S/C15H18ISi/c1-17(2,3)15-12-8-7-11-14(15)16-13-9-5-4-6-10-13/h4-12H,1-3H3/q-1. The van der Waals surface area contributed by atoms with E-state index in [2.05, 4.69) is 74.2 Å². The van der Waals surface area contributed by atoms with Gasteiger partial charge < -0.3 is 0 Å². The summed E-state index contributed by atoms with van der Waals surface area (Å²) in [6.07, 6.45) is 0. The average Bonchev–Trinajstić information content (AvgIpc) is 2.30. The summed E-state index contributed by atoms with van der Waals surface area (Å²) in [5.41, 5.74) is 0. The molecule has 0 saturated carbocycles. The van der Waals surface area contributed by atoms with Gasteiger partial charge in [-0.05, 0) is 0 Å². The Balaban J connectivity index is 2.34. The van der Waals surface area contributed by atoms with Crippen molar-refractivity contribution in [2.45, 2.75) is 19.6 Å². The van der Waals surface area contributed by atoms with Crippen LogP contribution in [0.1, 0.15) is 0 Å². The molecule has 0 nitrogen and oxygen atoms in total. The van der Waals surface area contributed by atoms with Gasteiger partial charge in [-0.2, -0.15) is 0 Å². The molecule has 0 N–H and O–H groups in total. The van der Waals surface area contributed by atoms with E-state index < -0.39 is 8.07 Å². The Morgan fingerprint density at radius 2 is 1.35 bits per heavy atom. The number of rotatable bonds is 3. The molecule has 0 radical (unpaired) electrons. The van der Waals surface area contributed by atoms with E-state index in [0.29, 0.717) is 0 Å². The van der Waals surface area contributed by atoms with Gasteiger partial charge in [-0.1, -0.05) is 0 Å². The molecule has 2 heteroatoms. The van der Waals surface area contributed by atoms with Crippen LogP contribution in [0.15, 0.2) is 54.6 Å². The van der Waals surface area contributed by atoms with E-state index in [1.165, 1.54) is 3.57 Å². The van der Waals surface area contributed by atoms with Crippen molar-refractivity contribution in [2.24, 2.45) is 0 Å². The molecule has 0 unspecified atom stereocenters. The van der Waals surface area contributed by atoms with Crippen molar-refractivity contribution in [3.05, 3.63) is 61.7 Å². The second-order valence-corrected chi connectivity index (χ2v) is 13.1. The first kappa shape index (κ1) is 12.8. The predicted molar refractivity (Wildman–Crippen MR) is 73.3 cm³/mol. The second-order valence-electron chi connectivity index (χ2n) is 5.12. The van der Waals surface area contributed by atoms with Gasteiger partial charge in [0.15, 0.2) is 0 Å². The van der Waals surface area contributed by atoms with Crippen molar-refractivity contribution < 1.29 is 21.2 Å². The first-order chi connectivity index (χ1) is 8.07. The fourth-order valence-electron chi connectivity index (χ4n) is 1.75. The summed E-state index contributed by atoms with van der Waals surface area (Å²) in [4.78, 5) is 0. The monoisotopic (exact) mass is 353 g/mol. The molecule has 17 heavy (non-hydrogen) atoms. The van der Waals surface area contributed by atoms with Gasteiger partial charge in [-0.15, -0.1) is 0 Å². The molecule has 0 atom stereocenters. The van der Waals surface area contributed by atoms with E-state index in [4.69, 9.17) is 0 Å². The van der Waals surface area contributed by atoms with Crippen molar-refractivity contribution in [2.75, 3.05) is 0 Å². The molecule has 90 valence electrons. The van der Waals surface area contributed by atoms with Crippen LogP contribution in [0.25, 0.3) is 0 Å². The molecule has 0 amide bonds. The van der Waals surface area contributed by atoms with Crippen LogP contribution in [0.3, 0.4) is 0 Å². The Bertz CT molecular complexity index is 486. The summed E-state index contributed by atoms with van der Waals surface area (Å²) in [5, 5.41) is 1.64. The van der Waals surface area contributed by atoms with E-state index in [9.17, 15) is 0 Å². The number of hydrogen-bond donors (Lipinski definition) is 0. The van der Waals surface area contributed by atoms with Gasteiger partial charge in [0, 0.05) is 0 Å². The molecule has 0 aliphatic heterocycles. The van der Waals surface area contributed by atoms with Gasteiger partial charge >= 0.3 is 116 Å². The topological polar surface area (TPSA) is 0 Å². The van der Waals surface area contributed by atoms with Crippen LogP contribution in [0.5, 0.6) is 0 Å². The molecule has 2 rings (SSSR count). The summed E-state index contributed by atoms with van der Waals surface area (Å²) in [7, 11) is -1.20. The predicted octanol–water partition coefficient (Wildman–Crippen LogP) is 0.360. The van der Waals surface area contributed by atoms with Gasteiger partial charge in [-0.25, -0.2) is 0 Å². The Morgan fingerprint density at radius 3 is 2.00 bits per heavy atom. The maximum absolute atomic E-state index is 2.43. The SMILES string of the molecule is C[Si](C)(C)c1ccccc1[I-]c1ccccc1. The van der Waals surface area contributed by atoms with Crippen molar-refractivity contribution in [1.29, 1.82) is 0 Å². The van der Waals surface area contributed by atoms with Crippen LogP contribution < -0.4 is 26.4 Å². The fourth-order valence-corrected chi connectivity index (χ4v) is 8.19. The van der Waals surface area contributed by atoms with Crippen LogP contribution in [-0.4, -0.2) is 8.07 Å². The summed E-state index contributed by atoms with van der Waals surface area (Å²) in [6, 6.07) is 19.9. The summed E-state index contributed by atoms with van der Waals surface area (Å²) < 4.78 is 3.12. The van der Waals surface area contributed by atoms with Crippen LogP contribution in [0.2, 0.25) is 19.6 Å². The van der Waals surface area contributed by atoms with E-state index in [1.54, 1.807) is 8.76 Å². The van der Waals surface area contributed by atoms with Gasteiger partial charge in [-0.3, -0.25) is 0 Å². The van der Waals surface area contributed by atoms with Crippen LogP contribution >= 0.6 is 0 Å². The number of halogens is 1. The van der Waals surface area contributed by atoms with Crippen LogP contribution in [-0.2, 0) is 0 Å². The van der Waals surface area contributed by atoms with Gasteiger partial charge in [0.05, 0.1) is 0 Å². The van der Waals surface area contributed by atoms with Crippen molar-refractivity contribution >= 4 is 13.3 Å².